The second-order valence-electron chi connectivity index (χ2n) is 5.46. The van der Waals surface area contributed by atoms with E-state index in [1.54, 1.807) is 4.90 Å². The van der Waals surface area contributed by atoms with Gasteiger partial charge in [-0.3, -0.25) is 9.59 Å². The van der Waals surface area contributed by atoms with Crippen molar-refractivity contribution < 1.29 is 9.59 Å². The standard InChI is InChI=1S/C16H25N3O2.ClH/c1-5-19(13-8-6-12(4)7-9-13)14(20)10-18-16(21)15(17)11(2)3;/h6-9,11,15H,5,10,17H2,1-4H3,(H,18,21);1H/t15-;/m0./s1. The first-order valence-electron chi connectivity index (χ1n) is 7.27. The largest absolute Gasteiger partial charge is 0.346 e. The van der Waals surface area contributed by atoms with Crippen LogP contribution < -0.4 is 16.0 Å². The highest BCUT2D eigenvalue weighted by Gasteiger charge is 2.19. The minimum Gasteiger partial charge on any atom is -0.346 e. The van der Waals surface area contributed by atoms with E-state index in [2.05, 4.69) is 5.32 Å². The van der Waals surface area contributed by atoms with Crippen LogP contribution in [0, 0.1) is 12.8 Å². The lowest BCUT2D eigenvalue weighted by Crippen LogP contribution is -2.48. The molecular formula is C16H26ClN3O2. The fraction of sp³-hybridized carbons (Fsp3) is 0.500. The number of hydrogen-bond acceptors (Lipinski definition) is 3. The van der Waals surface area contributed by atoms with Gasteiger partial charge in [0.2, 0.25) is 11.8 Å². The highest BCUT2D eigenvalue weighted by atomic mass is 35.5. The van der Waals surface area contributed by atoms with Gasteiger partial charge < -0.3 is 16.0 Å². The molecule has 1 rings (SSSR count). The van der Waals surface area contributed by atoms with E-state index >= 15 is 0 Å². The van der Waals surface area contributed by atoms with Crippen LogP contribution in [0.25, 0.3) is 0 Å². The van der Waals surface area contributed by atoms with E-state index in [1.807, 2.05) is 52.0 Å². The van der Waals surface area contributed by atoms with Gasteiger partial charge in [0.05, 0.1) is 12.6 Å². The highest BCUT2D eigenvalue weighted by Crippen LogP contribution is 2.14. The monoisotopic (exact) mass is 327 g/mol. The van der Waals surface area contributed by atoms with Gasteiger partial charge in [-0.2, -0.15) is 0 Å². The lowest BCUT2D eigenvalue weighted by atomic mass is 10.1. The van der Waals surface area contributed by atoms with Crippen molar-refractivity contribution in [2.24, 2.45) is 11.7 Å². The zero-order chi connectivity index (χ0) is 16.0. The Morgan fingerprint density at radius 3 is 2.23 bits per heavy atom. The lowest BCUT2D eigenvalue weighted by Gasteiger charge is -2.22. The molecule has 0 unspecified atom stereocenters. The second-order valence-corrected chi connectivity index (χ2v) is 5.46. The number of hydrogen-bond donors (Lipinski definition) is 2. The molecule has 0 saturated carbocycles. The van der Waals surface area contributed by atoms with Crippen LogP contribution in [0.5, 0.6) is 0 Å². The van der Waals surface area contributed by atoms with Crippen molar-refractivity contribution in [3.63, 3.8) is 0 Å². The number of anilines is 1. The van der Waals surface area contributed by atoms with Crippen LogP contribution in [0.2, 0.25) is 0 Å². The molecule has 0 saturated heterocycles. The van der Waals surface area contributed by atoms with Crippen molar-refractivity contribution in [3.05, 3.63) is 29.8 Å². The molecule has 124 valence electrons. The summed E-state index contributed by atoms with van der Waals surface area (Å²) in [6.45, 7) is 8.15. The van der Waals surface area contributed by atoms with Gasteiger partial charge in [-0.15, -0.1) is 12.4 Å². The van der Waals surface area contributed by atoms with Gasteiger partial charge in [0.1, 0.15) is 0 Å². The molecule has 2 amide bonds. The molecule has 0 aliphatic heterocycles. The van der Waals surface area contributed by atoms with Crippen LogP contribution in [-0.2, 0) is 9.59 Å². The first-order chi connectivity index (χ1) is 9.86. The molecule has 22 heavy (non-hydrogen) atoms. The summed E-state index contributed by atoms with van der Waals surface area (Å²) in [6, 6.07) is 7.13. The molecule has 1 aromatic carbocycles. The summed E-state index contributed by atoms with van der Waals surface area (Å²) in [7, 11) is 0. The van der Waals surface area contributed by atoms with Crippen molar-refractivity contribution in [1.82, 2.24) is 5.32 Å². The Hall–Kier alpha value is -1.59. The van der Waals surface area contributed by atoms with E-state index in [-0.39, 0.29) is 36.7 Å². The molecule has 0 fully saturated rings. The van der Waals surface area contributed by atoms with Crippen LogP contribution in [0.3, 0.4) is 0 Å². The Morgan fingerprint density at radius 2 is 1.77 bits per heavy atom. The molecule has 0 bridgehead atoms. The fourth-order valence-electron chi connectivity index (χ4n) is 1.91. The molecule has 0 aromatic heterocycles. The van der Waals surface area contributed by atoms with E-state index in [9.17, 15) is 9.59 Å². The Bertz CT molecular complexity index is 489. The van der Waals surface area contributed by atoms with Crippen LogP contribution in [0.1, 0.15) is 26.3 Å². The van der Waals surface area contributed by atoms with Crippen molar-refractivity contribution >= 4 is 29.9 Å². The zero-order valence-corrected chi connectivity index (χ0v) is 14.4. The Labute approximate surface area is 138 Å². The molecule has 0 heterocycles. The number of amides is 2. The molecule has 0 aliphatic carbocycles. The summed E-state index contributed by atoms with van der Waals surface area (Å²) in [5.74, 6) is -0.400. The quantitative estimate of drug-likeness (QED) is 0.837. The fourth-order valence-corrected chi connectivity index (χ4v) is 1.91. The van der Waals surface area contributed by atoms with E-state index in [0.717, 1.165) is 11.3 Å². The molecule has 0 radical (unpaired) electrons. The zero-order valence-electron chi connectivity index (χ0n) is 13.6. The van der Waals surface area contributed by atoms with E-state index in [1.165, 1.54) is 0 Å². The van der Waals surface area contributed by atoms with Crippen LogP contribution >= 0.6 is 12.4 Å². The summed E-state index contributed by atoms with van der Waals surface area (Å²) in [5, 5.41) is 2.60. The molecule has 3 N–H and O–H groups in total. The van der Waals surface area contributed by atoms with Crippen molar-refractivity contribution in [2.45, 2.75) is 33.7 Å². The predicted molar refractivity (Wildman–Crippen MR) is 92.3 cm³/mol. The summed E-state index contributed by atoms with van der Waals surface area (Å²) in [4.78, 5) is 25.6. The third kappa shape index (κ3) is 5.66. The van der Waals surface area contributed by atoms with Crippen LogP contribution in [0.4, 0.5) is 5.69 Å². The maximum atomic E-state index is 12.2. The number of halogens is 1. The number of carbonyl (C=O) groups excluding carboxylic acids is 2. The third-order valence-corrected chi connectivity index (χ3v) is 3.40. The van der Waals surface area contributed by atoms with Crippen molar-refractivity contribution in [2.75, 3.05) is 18.0 Å². The van der Waals surface area contributed by atoms with Crippen LogP contribution in [0.15, 0.2) is 24.3 Å². The third-order valence-electron chi connectivity index (χ3n) is 3.40. The number of nitrogens with two attached hydrogens (primary N) is 1. The summed E-state index contributed by atoms with van der Waals surface area (Å²) in [6.07, 6.45) is 0. The first-order valence-corrected chi connectivity index (χ1v) is 7.27. The number of benzene rings is 1. The number of likely N-dealkylation sites (N-methyl/N-ethyl adjacent to an activating group) is 1. The van der Waals surface area contributed by atoms with Gasteiger partial charge in [0, 0.05) is 12.2 Å². The lowest BCUT2D eigenvalue weighted by molar-refractivity contribution is -0.126. The average Bonchev–Trinajstić information content (AvgIpc) is 2.46. The van der Waals surface area contributed by atoms with E-state index in [4.69, 9.17) is 5.73 Å². The SMILES string of the molecule is CCN(C(=O)CNC(=O)[C@@H](N)C(C)C)c1ccc(C)cc1.Cl. The number of rotatable bonds is 6. The number of carbonyl (C=O) groups is 2. The normalized spacial score (nSPS) is 11.5. The average molecular weight is 328 g/mol. The number of aryl methyl sites for hydroxylation is 1. The maximum Gasteiger partial charge on any atom is 0.246 e. The number of nitrogens with one attached hydrogen (secondary N) is 1. The maximum absolute atomic E-state index is 12.2. The topological polar surface area (TPSA) is 75.4 Å². The molecule has 1 atom stereocenters. The molecule has 0 spiro atoms. The smallest absolute Gasteiger partial charge is 0.246 e. The van der Waals surface area contributed by atoms with Gasteiger partial charge in [-0.25, -0.2) is 0 Å². The van der Waals surface area contributed by atoms with E-state index in [0.29, 0.717) is 6.54 Å². The van der Waals surface area contributed by atoms with Gasteiger partial charge in [-0.1, -0.05) is 31.5 Å². The Morgan fingerprint density at radius 1 is 1.23 bits per heavy atom. The Balaban J connectivity index is 0.00000441. The highest BCUT2D eigenvalue weighted by molar-refractivity contribution is 5.97. The first kappa shape index (κ1) is 20.4. The van der Waals surface area contributed by atoms with Gasteiger partial charge >= 0.3 is 0 Å². The van der Waals surface area contributed by atoms with E-state index < -0.39 is 6.04 Å². The molecule has 6 heteroatoms. The van der Waals surface area contributed by atoms with Crippen molar-refractivity contribution in [1.29, 1.82) is 0 Å². The number of nitrogens with zero attached hydrogens (tertiary/aromatic N) is 1. The Kier molecular flexibility index (Phi) is 8.75. The molecule has 1 aromatic rings. The van der Waals surface area contributed by atoms with Gasteiger partial charge in [0.25, 0.3) is 0 Å². The second kappa shape index (κ2) is 9.43. The predicted octanol–water partition coefficient (Wildman–Crippen LogP) is 1.87. The molecular weight excluding hydrogens is 302 g/mol. The summed E-state index contributed by atoms with van der Waals surface area (Å²) >= 11 is 0. The molecule has 0 aliphatic rings. The van der Waals surface area contributed by atoms with Crippen molar-refractivity contribution in [3.8, 4) is 0 Å². The minimum absolute atomic E-state index is 0. The molecule has 5 nitrogen and oxygen atoms in total. The minimum atomic E-state index is -0.591. The summed E-state index contributed by atoms with van der Waals surface area (Å²) < 4.78 is 0. The summed E-state index contributed by atoms with van der Waals surface area (Å²) in [5.41, 5.74) is 7.71. The van der Waals surface area contributed by atoms with Crippen LogP contribution in [-0.4, -0.2) is 30.9 Å². The van der Waals surface area contributed by atoms with Gasteiger partial charge in [-0.05, 0) is 31.9 Å². The van der Waals surface area contributed by atoms with Gasteiger partial charge in [0.15, 0.2) is 0 Å².